The summed E-state index contributed by atoms with van der Waals surface area (Å²) < 4.78 is 24.0. The van der Waals surface area contributed by atoms with Crippen LogP contribution in [-0.4, -0.2) is 18.4 Å². The van der Waals surface area contributed by atoms with Crippen molar-refractivity contribution in [2.45, 2.75) is 9.79 Å². The second-order valence-electron chi connectivity index (χ2n) is 3.00. The molecule has 0 unspecified atom stereocenters. The molecule has 6 heteroatoms. The van der Waals surface area contributed by atoms with Crippen molar-refractivity contribution in [3.05, 3.63) is 48.0 Å². The Morgan fingerprint density at radius 2 is 1.50 bits per heavy atom. The molecule has 0 atom stereocenters. The second kappa shape index (κ2) is 4.19. The van der Waals surface area contributed by atoms with Gasteiger partial charge in [0.2, 0.25) is 15.1 Å². The largest absolute Gasteiger partial charge is 0.225 e. The molecule has 0 aliphatic rings. The molecule has 0 bridgehead atoms. The average Bonchev–Trinajstić information content (AvgIpc) is 2.31. The molecule has 2 aromatic rings. The molecular formula is C10H7ClN2O2S. The minimum atomic E-state index is -3.54. The standard InChI is InChI=1S/C10H7ClN2O2S/c11-10-12-6-9(7-13-10)16(14,15)8-4-2-1-3-5-8/h1-7H. The normalized spacial score (nSPS) is 11.3. The lowest BCUT2D eigenvalue weighted by Crippen LogP contribution is -2.02. The number of hydrogen-bond acceptors (Lipinski definition) is 4. The van der Waals surface area contributed by atoms with Crippen LogP contribution in [0.25, 0.3) is 0 Å². The van der Waals surface area contributed by atoms with Gasteiger partial charge < -0.3 is 0 Å². The zero-order valence-corrected chi connectivity index (χ0v) is 9.61. The van der Waals surface area contributed by atoms with Crippen LogP contribution in [0.5, 0.6) is 0 Å². The van der Waals surface area contributed by atoms with Gasteiger partial charge in [-0.05, 0) is 23.7 Å². The maximum absolute atomic E-state index is 12.0. The highest BCUT2D eigenvalue weighted by molar-refractivity contribution is 7.91. The number of hydrogen-bond donors (Lipinski definition) is 0. The highest BCUT2D eigenvalue weighted by atomic mass is 35.5. The highest BCUT2D eigenvalue weighted by Gasteiger charge is 2.17. The molecule has 0 amide bonds. The monoisotopic (exact) mass is 254 g/mol. The number of aromatic nitrogens is 2. The first kappa shape index (κ1) is 11.0. The number of halogens is 1. The molecule has 0 aliphatic carbocycles. The number of nitrogens with zero attached hydrogens (tertiary/aromatic N) is 2. The van der Waals surface area contributed by atoms with E-state index in [4.69, 9.17) is 11.6 Å². The van der Waals surface area contributed by atoms with Crippen LogP contribution in [0.2, 0.25) is 5.28 Å². The lowest BCUT2D eigenvalue weighted by molar-refractivity contribution is 0.595. The molecule has 82 valence electrons. The minimum Gasteiger partial charge on any atom is -0.225 e. The van der Waals surface area contributed by atoms with Crippen LogP contribution in [0.3, 0.4) is 0 Å². The molecule has 0 N–H and O–H groups in total. The summed E-state index contributed by atoms with van der Waals surface area (Å²) in [4.78, 5) is 7.53. The zero-order chi connectivity index (χ0) is 11.6. The smallest absolute Gasteiger partial charge is 0.222 e. The van der Waals surface area contributed by atoms with Crippen molar-refractivity contribution < 1.29 is 8.42 Å². The third kappa shape index (κ3) is 2.05. The van der Waals surface area contributed by atoms with Gasteiger partial charge in [0.15, 0.2) is 0 Å². The molecule has 1 aromatic heterocycles. The lowest BCUT2D eigenvalue weighted by Gasteiger charge is -2.02. The van der Waals surface area contributed by atoms with Crippen LogP contribution in [0.15, 0.2) is 52.5 Å². The lowest BCUT2D eigenvalue weighted by atomic mass is 10.4. The Bertz CT molecular complexity index is 582. The second-order valence-corrected chi connectivity index (χ2v) is 5.29. The third-order valence-corrected chi connectivity index (χ3v) is 3.88. The molecule has 0 radical (unpaired) electrons. The van der Waals surface area contributed by atoms with Crippen LogP contribution in [0.1, 0.15) is 0 Å². The Morgan fingerprint density at radius 1 is 0.938 bits per heavy atom. The highest BCUT2D eigenvalue weighted by Crippen LogP contribution is 2.19. The van der Waals surface area contributed by atoms with E-state index in [-0.39, 0.29) is 15.1 Å². The fourth-order valence-electron chi connectivity index (χ4n) is 1.17. The van der Waals surface area contributed by atoms with Gasteiger partial charge in [0.25, 0.3) is 0 Å². The third-order valence-electron chi connectivity index (χ3n) is 1.96. The van der Waals surface area contributed by atoms with E-state index in [1.165, 1.54) is 24.5 Å². The average molecular weight is 255 g/mol. The van der Waals surface area contributed by atoms with Crippen molar-refractivity contribution >= 4 is 21.4 Å². The van der Waals surface area contributed by atoms with Gasteiger partial charge in [0.05, 0.1) is 17.3 Å². The molecule has 16 heavy (non-hydrogen) atoms. The maximum atomic E-state index is 12.0. The summed E-state index contributed by atoms with van der Waals surface area (Å²) in [6.45, 7) is 0. The van der Waals surface area contributed by atoms with Crippen LogP contribution in [0, 0.1) is 0 Å². The van der Waals surface area contributed by atoms with Crippen LogP contribution in [0.4, 0.5) is 0 Å². The molecule has 0 spiro atoms. The summed E-state index contributed by atoms with van der Waals surface area (Å²) in [7, 11) is -3.54. The van der Waals surface area contributed by atoms with Crippen molar-refractivity contribution in [2.24, 2.45) is 0 Å². The predicted octanol–water partition coefficient (Wildman–Crippen LogP) is 1.96. The zero-order valence-electron chi connectivity index (χ0n) is 8.04. The molecule has 0 saturated carbocycles. The molecule has 0 saturated heterocycles. The van der Waals surface area contributed by atoms with E-state index in [0.717, 1.165) is 0 Å². The summed E-state index contributed by atoms with van der Waals surface area (Å²) in [5, 5.41) is 0.0204. The molecule has 0 aliphatic heterocycles. The molecule has 1 aromatic carbocycles. The van der Waals surface area contributed by atoms with E-state index in [1.54, 1.807) is 18.2 Å². The topological polar surface area (TPSA) is 59.9 Å². The van der Waals surface area contributed by atoms with Crippen LogP contribution >= 0.6 is 11.6 Å². The number of rotatable bonds is 2. The van der Waals surface area contributed by atoms with E-state index in [1.807, 2.05) is 0 Å². The van der Waals surface area contributed by atoms with Crippen molar-refractivity contribution in [2.75, 3.05) is 0 Å². The summed E-state index contributed by atoms with van der Waals surface area (Å²) in [5.41, 5.74) is 0. The van der Waals surface area contributed by atoms with E-state index < -0.39 is 9.84 Å². The maximum Gasteiger partial charge on any atom is 0.222 e. The van der Waals surface area contributed by atoms with Crippen LogP contribution in [-0.2, 0) is 9.84 Å². The first-order valence-corrected chi connectivity index (χ1v) is 6.24. The minimum absolute atomic E-state index is 0.0204. The summed E-state index contributed by atoms with van der Waals surface area (Å²) >= 11 is 5.49. The first-order chi connectivity index (χ1) is 7.60. The molecule has 4 nitrogen and oxygen atoms in total. The fourth-order valence-corrected chi connectivity index (χ4v) is 2.44. The Balaban J connectivity index is 2.52. The predicted molar refractivity (Wildman–Crippen MR) is 58.9 cm³/mol. The van der Waals surface area contributed by atoms with Gasteiger partial charge in [0, 0.05) is 0 Å². The summed E-state index contributed by atoms with van der Waals surface area (Å²) in [6, 6.07) is 8.10. The SMILES string of the molecule is O=S(=O)(c1ccccc1)c1cnc(Cl)nc1. The van der Waals surface area contributed by atoms with Gasteiger partial charge in [-0.2, -0.15) is 0 Å². The number of benzene rings is 1. The Morgan fingerprint density at radius 3 is 2.06 bits per heavy atom. The quantitative estimate of drug-likeness (QED) is 0.769. The first-order valence-electron chi connectivity index (χ1n) is 4.38. The molecule has 0 fully saturated rings. The van der Waals surface area contributed by atoms with E-state index in [2.05, 4.69) is 9.97 Å². The van der Waals surface area contributed by atoms with Crippen molar-refractivity contribution in [3.8, 4) is 0 Å². The van der Waals surface area contributed by atoms with Gasteiger partial charge in [-0.3, -0.25) is 0 Å². The molecule has 2 rings (SSSR count). The Hall–Kier alpha value is -1.46. The molecular weight excluding hydrogens is 248 g/mol. The molecule has 1 heterocycles. The van der Waals surface area contributed by atoms with Gasteiger partial charge in [-0.15, -0.1) is 0 Å². The van der Waals surface area contributed by atoms with Crippen molar-refractivity contribution in [1.82, 2.24) is 9.97 Å². The van der Waals surface area contributed by atoms with Crippen molar-refractivity contribution in [1.29, 1.82) is 0 Å². The van der Waals surface area contributed by atoms with Crippen molar-refractivity contribution in [3.63, 3.8) is 0 Å². The van der Waals surface area contributed by atoms with Gasteiger partial charge in [-0.1, -0.05) is 18.2 Å². The summed E-state index contributed by atoms with van der Waals surface area (Å²) in [6.07, 6.45) is 2.38. The van der Waals surface area contributed by atoms with Gasteiger partial charge in [-0.25, -0.2) is 18.4 Å². The van der Waals surface area contributed by atoms with Gasteiger partial charge in [0.1, 0.15) is 4.90 Å². The fraction of sp³-hybridized carbons (Fsp3) is 0. The summed E-state index contributed by atoms with van der Waals surface area (Å²) in [5.74, 6) is 0. The van der Waals surface area contributed by atoms with E-state index in [9.17, 15) is 8.42 Å². The Labute approximate surface area is 97.9 Å². The van der Waals surface area contributed by atoms with Gasteiger partial charge >= 0.3 is 0 Å². The number of sulfone groups is 1. The Kier molecular flexibility index (Phi) is 2.89. The van der Waals surface area contributed by atoms with Crippen LogP contribution < -0.4 is 0 Å². The van der Waals surface area contributed by atoms with E-state index in [0.29, 0.717) is 0 Å². The van der Waals surface area contributed by atoms with E-state index >= 15 is 0 Å².